The van der Waals surface area contributed by atoms with E-state index in [0.717, 1.165) is 12.3 Å². The summed E-state index contributed by atoms with van der Waals surface area (Å²) in [5.41, 5.74) is 0. The Morgan fingerprint density at radius 2 is 1.75 bits per heavy atom. The van der Waals surface area contributed by atoms with E-state index in [9.17, 15) is 4.79 Å². The average Bonchev–Trinajstić information content (AvgIpc) is 1.85. The third-order valence-corrected chi connectivity index (χ3v) is 8.19. The number of carbonyl (C=O) groups is 1. The molecule has 0 amide bonds. The summed E-state index contributed by atoms with van der Waals surface area (Å²) in [6.07, 6.45) is 4.47. The summed E-state index contributed by atoms with van der Waals surface area (Å²) in [5.74, 6) is 0. The second-order valence-corrected chi connectivity index (χ2v) is 10.6. The Bertz CT molecular complexity index is 175. The van der Waals surface area contributed by atoms with Crippen molar-refractivity contribution in [2.45, 2.75) is 44.9 Å². The van der Waals surface area contributed by atoms with Gasteiger partial charge in [0.15, 0.2) is 0 Å². The van der Waals surface area contributed by atoms with Crippen LogP contribution in [0.1, 0.15) is 20.8 Å². The minimum Gasteiger partial charge on any atom is -0.299 e. The van der Waals surface area contributed by atoms with Crippen molar-refractivity contribution >= 4 is 14.4 Å². The van der Waals surface area contributed by atoms with Gasteiger partial charge in [0.25, 0.3) is 0 Å². The Hall–Kier alpha value is -0.373. The molecule has 0 fully saturated rings. The van der Waals surface area contributed by atoms with Gasteiger partial charge in [0.05, 0.1) is 8.07 Å². The lowest BCUT2D eigenvalue weighted by molar-refractivity contribution is -0.104. The smallest absolute Gasteiger partial charge is 0.142 e. The average molecular weight is 184 g/mol. The third-order valence-electron chi connectivity index (χ3n) is 2.87. The van der Waals surface area contributed by atoms with Crippen LogP contribution in [0, 0.1) is 0 Å². The summed E-state index contributed by atoms with van der Waals surface area (Å²) in [6.45, 7) is 11.6. The van der Waals surface area contributed by atoms with Gasteiger partial charge in [-0.25, -0.2) is 0 Å². The summed E-state index contributed by atoms with van der Waals surface area (Å²) in [6, 6.07) is 1.09. The number of aldehydes is 1. The molecule has 0 unspecified atom stereocenters. The predicted molar refractivity (Wildman–Crippen MR) is 57.2 cm³/mol. The Labute approximate surface area is 76.9 Å². The standard InChI is InChI=1S/C10H20OSi/c1-10(2,3)12(4,5)9-7-6-8-11/h6-8H,9H2,1-5H3/b7-6+. The molecule has 0 N–H and O–H groups in total. The lowest BCUT2D eigenvalue weighted by atomic mass is 10.2. The lowest BCUT2D eigenvalue weighted by Gasteiger charge is -2.36. The molecule has 1 nitrogen and oxygen atoms in total. The molecule has 70 valence electrons. The first-order chi connectivity index (χ1) is 5.31. The molecular weight excluding hydrogens is 164 g/mol. The van der Waals surface area contributed by atoms with Gasteiger partial charge in [0.2, 0.25) is 0 Å². The van der Waals surface area contributed by atoms with Gasteiger partial charge in [-0.1, -0.05) is 39.9 Å². The van der Waals surface area contributed by atoms with E-state index in [4.69, 9.17) is 0 Å². The first-order valence-electron chi connectivity index (χ1n) is 4.41. The van der Waals surface area contributed by atoms with Crippen molar-refractivity contribution in [3.8, 4) is 0 Å². The molecule has 0 aliphatic carbocycles. The van der Waals surface area contributed by atoms with E-state index in [2.05, 4.69) is 33.9 Å². The highest BCUT2D eigenvalue weighted by Gasteiger charge is 2.33. The molecule has 0 aromatic heterocycles. The van der Waals surface area contributed by atoms with Crippen molar-refractivity contribution < 1.29 is 4.79 Å². The number of hydrogen-bond donors (Lipinski definition) is 0. The lowest BCUT2D eigenvalue weighted by Crippen LogP contribution is -2.36. The molecule has 0 aliphatic heterocycles. The van der Waals surface area contributed by atoms with E-state index in [-0.39, 0.29) is 0 Å². The van der Waals surface area contributed by atoms with E-state index in [0.29, 0.717) is 5.04 Å². The molecule has 0 saturated heterocycles. The minimum atomic E-state index is -1.19. The van der Waals surface area contributed by atoms with Crippen molar-refractivity contribution in [1.82, 2.24) is 0 Å². The number of allylic oxidation sites excluding steroid dienone is 2. The molecule has 0 heterocycles. The van der Waals surface area contributed by atoms with Crippen molar-refractivity contribution in [2.75, 3.05) is 0 Å². The second kappa shape index (κ2) is 4.03. The highest BCUT2D eigenvalue weighted by atomic mass is 28.3. The molecule has 0 aromatic carbocycles. The maximum absolute atomic E-state index is 10.1. The predicted octanol–water partition coefficient (Wildman–Crippen LogP) is 3.25. The fourth-order valence-corrected chi connectivity index (χ4v) is 2.06. The van der Waals surface area contributed by atoms with Gasteiger partial charge in [-0.15, -0.1) is 0 Å². The van der Waals surface area contributed by atoms with Gasteiger partial charge < -0.3 is 0 Å². The summed E-state index contributed by atoms with van der Waals surface area (Å²) >= 11 is 0. The molecule has 2 heteroatoms. The molecule has 0 spiro atoms. The fourth-order valence-electron chi connectivity index (χ4n) is 0.724. The van der Waals surface area contributed by atoms with E-state index in [1.54, 1.807) is 6.08 Å². The van der Waals surface area contributed by atoms with Crippen LogP contribution in [0.3, 0.4) is 0 Å². The van der Waals surface area contributed by atoms with E-state index in [1.807, 2.05) is 6.08 Å². The molecule has 12 heavy (non-hydrogen) atoms. The number of hydrogen-bond acceptors (Lipinski definition) is 1. The Balaban J connectivity index is 4.23. The first kappa shape index (κ1) is 11.6. The van der Waals surface area contributed by atoms with Crippen molar-refractivity contribution in [3.63, 3.8) is 0 Å². The zero-order chi connectivity index (χ0) is 9.83. The minimum absolute atomic E-state index is 0.417. The summed E-state index contributed by atoms with van der Waals surface area (Å²) < 4.78 is 0. The molecule has 0 atom stereocenters. The van der Waals surface area contributed by atoms with Gasteiger partial charge in [0, 0.05) is 0 Å². The molecule has 0 aromatic rings. The van der Waals surface area contributed by atoms with Gasteiger partial charge in [-0.05, 0) is 17.2 Å². The van der Waals surface area contributed by atoms with Gasteiger partial charge in [-0.2, -0.15) is 0 Å². The van der Waals surface area contributed by atoms with E-state index >= 15 is 0 Å². The van der Waals surface area contributed by atoms with Gasteiger partial charge >= 0.3 is 0 Å². The summed E-state index contributed by atoms with van der Waals surface area (Å²) in [4.78, 5) is 10.1. The number of rotatable bonds is 3. The monoisotopic (exact) mass is 184 g/mol. The molecular formula is C10H20OSi. The fraction of sp³-hybridized carbons (Fsp3) is 0.700. The van der Waals surface area contributed by atoms with Gasteiger partial charge in [0.1, 0.15) is 6.29 Å². The highest BCUT2D eigenvalue weighted by Crippen LogP contribution is 2.38. The van der Waals surface area contributed by atoms with Crippen molar-refractivity contribution in [2.24, 2.45) is 0 Å². The van der Waals surface area contributed by atoms with Crippen LogP contribution in [0.5, 0.6) is 0 Å². The Kier molecular flexibility index (Phi) is 3.91. The Morgan fingerprint density at radius 1 is 1.25 bits per heavy atom. The molecule has 0 radical (unpaired) electrons. The second-order valence-electron chi connectivity index (χ2n) is 4.90. The SMILES string of the molecule is CC(C)(C)[Si](C)(C)C/C=C/C=O. The van der Waals surface area contributed by atoms with Crippen LogP contribution in [-0.4, -0.2) is 14.4 Å². The summed E-state index contributed by atoms with van der Waals surface area (Å²) in [7, 11) is -1.19. The maximum atomic E-state index is 10.1. The van der Waals surface area contributed by atoms with Crippen LogP contribution in [-0.2, 0) is 4.79 Å². The zero-order valence-corrected chi connectivity index (χ0v) is 9.85. The largest absolute Gasteiger partial charge is 0.299 e. The van der Waals surface area contributed by atoms with Crippen LogP contribution in [0.25, 0.3) is 0 Å². The van der Waals surface area contributed by atoms with E-state index in [1.165, 1.54) is 0 Å². The van der Waals surface area contributed by atoms with Crippen LogP contribution < -0.4 is 0 Å². The van der Waals surface area contributed by atoms with Crippen LogP contribution >= 0.6 is 0 Å². The number of carbonyl (C=O) groups excluding carboxylic acids is 1. The van der Waals surface area contributed by atoms with E-state index < -0.39 is 8.07 Å². The zero-order valence-electron chi connectivity index (χ0n) is 8.85. The van der Waals surface area contributed by atoms with Crippen molar-refractivity contribution in [1.29, 1.82) is 0 Å². The molecule has 0 rings (SSSR count). The molecule has 0 aliphatic rings. The quantitative estimate of drug-likeness (QED) is 0.374. The normalized spacial score (nSPS) is 13.8. The molecule has 0 bridgehead atoms. The van der Waals surface area contributed by atoms with Crippen LogP contribution in [0.4, 0.5) is 0 Å². The maximum Gasteiger partial charge on any atom is 0.142 e. The highest BCUT2D eigenvalue weighted by molar-refractivity contribution is 6.80. The summed E-state index contributed by atoms with van der Waals surface area (Å²) in [5, 5.41) is 0.417. The van der Waals surface area contributed by atoms with Crippen molar-refractivity contribution in [3.05, 3.63) is 12.2 Å². The third kappa shape index (κ3) is 3.35. The Morgan fingerprint density at radius 3 is 2.08 bits per heavy atom. The van der Waals surface area contributed by atoms with Crippen LogP contribution in [0.15, 0.2) is 12.2 Å². The van der Waals surface area contributed by atoms with Crippen LogP contribution in [0.2, 0.25) is 24.2 Å². The molecule has 0 saturated carbocycles. The first-order valence-corrected chi connectivity index (χ1v) is 7.62. The van der Waals surface area contributed by atoms with Gasteiger partial charge in [-0.3, -0.25) is 4.79 Å². The topological polar surface area (TPSA) is 17.1 Å².